The third-order valence-electron chi connectivity index (χ3n) is 7.23. The van der Waals surface area contributed by atoms with E-state index in [0.717, 1.165) is 24.7 Å². The molecule has 152 valence electrons. The van der Waals surface area contributed by atoms with Crippen LogP contribution in [0.25, 0.3) is 16.6 Å². The van der Waals surface area contributed by atoms with Gasteiger partial charge in [0.15, 0.2) is 0 Å². The number of anilines is 1. The number of fused-ring (bicyclic) bond motifs is 3. The Morgan fingerprint density at radius 3 is 2.48 bits per heavy atom. The van der Waals surface area contributed by atoms with Crippen LogP contribution < -0.4 is 4.90 Å². The van der Waals surface area contributed by atoms with Crippen molar-refractivity contribution in [3.63, 3.8) is 0 Å². The Kier molecular flexibility index (Phi) is 3.96. The fourth-order valence-corrected chi connectivity index (χ4v) is 5.70. The largest absolute Gasteiger partial charge is 0.381 e. The predicted octanol–water partition coefficient (Wildman–Crippen LogP) is 2.57. The lowest BCUT2D eigenvalue weighted by Gasteiger charge is -2.50. The number of ether oxygens (including phenoxy) is 1. The molecule has 1 aliphatic carbocycles. The predicted molar refractivity (Wildman–Crippen MR) is 112 cm³/mol. The first-order valence-electron chi connectivity index (χ1n) is 10.7. The number of methoxy groups -OCH3 is 1. The lowest BCUT2D eigenvalue weighted by molar-refractivity contribution is -0.0466. The Morgan fingerprint density at radius 1 is 1.00 bits per heavy atom. The molecule has 0 aromatic carbocycles. The lowest BCUT2D eigenvalue weighted by Crippen LogP contribution is -2.61. The van der Waals surface area contributed by atoms with Crippen LogP contribution in [-0.2, 0) is 11.8 Å². The minimum absolute atomic E-state index is 0.476. The van der Waals surface area contributed by atoms with Crippen LogP contribution in [0.3, 0.4) is 0 Å². The van der Waals surface area contributed by atoms with Crippen molar-refractivity contribution in [2.45, 2.75) is 49.9 Å². The van der Waals surface area contributed by atoms with E-state index in [1.165, 1.54) is 42.5 Å². The van der Waals surface area contributed by atoms with Gasteiger partial charge in [-0.25, -0.2) is 4.52 Å². The third kappa shape index (κ3) is 2.79. The quantitative estimate of drug-likeness (QED) is 0.683. The van der Waals surface area contributed by atoms with Crippen molar-refractivity contribution in [1.82, 2.24) is 24.3 Å². The number of aromatic nitrogens is 4. The van der Waals surface area contributed by atoms with E-state index in [1.807, 2.05) is 35.7 Å². The van der Waals surface area contributed by atoms with E-state index >= 15 is 0 Å². The Morgan fingerprint density at radius 2 is 1.79 bits per heavy atom. The number of rotatable bonds is 4. The molecule has 2 aliphatic heterocycles. The van der Waals surface area contributed by atoms with Crippen molar-refractivity contribution in [3.8, 4) is 11.1 Å². The van der Waals surface area contributed by atoms with Gasteiger partial charge < -0.3 is 9.64 Å². The zero-order chi connectivity index (χ0) is 19.5. The standard InChI is InChI=1S/C22H28N6O/c1-25-11-16(10-24-25)15-7-22-21(5-6-23-27(22)12-15)26-13-17-3-4-18(14-26)28(17)19-8-20(9-19)29-2/h5-7,10-12,17-20H,3-4,8-9,13-14H2,1-2H3/t17?,18?,19-,20+. The molecule has 1 saturated carbocycles. The minimum Gasteiger partial charge on any atom is -0.381 e. The summed E-state index contributed by atoms with van der Waals surface area (Å²) < 4.78 is 9.38. The topological polar surface area (TPSA) is 50.8 Å². The van der Waals surface area contributed by atoms with Gasteiger partial charge in [0.2, 0.25) is 0 Å². The van der Waals surface area contributed by atoms with Crippen molar-refractivity contribution >= 4 is 11.2 Å². The fraction of sp³-hybridized carbons (Fsp3) is 0.545. The summed E-state index contributed by atoms with van der Waals surface area (Å²) in [7, 11) is 3.80. The number of hydrogen-bond acceptors (Lipinski definition) is 5. The van der Waals surface area contributed by atoms with Gasteiger partial charge in [-0.2, -0.15) is 10.2 Å². The van der Waals surface area contributed by atoms with E-state index in [9.17, 15) is 0 Å². The van der Waals surface area contributed by atoms with Crippen LogP contribution in [-0.4, -0.2) is 68.7 Å². The minimum atomic E-state index is 0.476. The highest BCUT2D eigenvalue weighted by Crippen LogP contribution is 2.41. The molecule has 3 aromatic rings. The van der Waals surface area contributed by atoms with Gasteiger partial charge >= 0.3 is 0 Å². The number of piperazine rings is 1. The molecule has 7 nitrogen and oxygen atoms in total. The van der Waals surface area contributed by atoms with E-state index in [0.29, 0.717) is 18.2 Å². The van der Waals surface area contributed by atoms with Gasteiger partial charge in [-0.3, -0.25) is 9.58 Å². The van der Waals surface area contributed by atoms with Crippen molar-refractivity contribution in [2.24, 2.45) is 7.05 Å². The second-order valence-corrected chi connectivity index (χ2v) is 8.90. The van der Waals surface area contributed by atoms with E-state index in [2.05, 4.69) is 44.5 Å². The van der Waals surface area contributed by atoms with E-state index in [-0.39, 0.29) is 0 Å². The van der Waals surface area contributed by atoms with Crippen LogP contribution in [0.5, 0.6) is 0 Å². The second kappa shape index (κ2) is 6.57. The molecule has 6 rings (SSSR count). The highest BCUT2D eigenvalue weighted by atomic mass is 16.5. The van der Waals surface area contributed by atoms with Gasteiger partial charge in [-0.05, 0) is 37.8 Å². The van der Waals surface area contributed by atoms with Crippen LogP contribution in [0.4, 0.5) is 5.69 Å². The van der Waals surface area contributed by atoms with Crippen molar-refractivity contribution in [2.75, 3.05) is 25.1 Å². The van der Waals surface area contributed by atoms with E-state index < -0.39 is 0 Å². The molecule has 3 aromatic heterocycles. The monoisotopic (exact) mass is 392 g/mol. The highest BCUT2D eigenvalue weighted by Gasteiger charge is 2.47. The molecule has 7 heteroatoms. The normalized spacial score (nSPS) is 29.5. The Labute approximate surface area is 170 Å². The second-order valence-electron chi connectivity index (χ2n) is 8.90. The highest BCUT2D eigenvalue weighted by molar-refractivity contribution is 5.79. The first-order valence-corrected chi connectivity index (χ1v) is 10.7. The number of hydrogen-bond donors (Lipinski definition) is 0. The molecule has 0 N–H and O–H groups in total. The van der Waals surface area contributed by atoms with Crippen LogP contribution >= 0.6 is 0 Å². The molecule has 2 atom stereocenters. The summed E-state index contributed by atoms with van der Waals surface area (Å²) in [5.74, 6) is 0. The van der Waals surface area contributed by atoms with Gasteiger partial charge in [-0.15, -0.1) is 0 Å². The average Bonchev–Trinajstić information content (AvgIpc) is 3.37. The van der Waals surface area contributed by atoms with E-state index in [4.69, 9.17) is 4.74 Å². The molecule has 29 heavy (non-hydrogen) atoms. The molecule has 2 bridgehead atoms. The summed E-state index contributed by atoms with van der Waals surface area (Å²) in [6.07, 6.45) is 13.5. The van der Waals surface area contributed by atoms with Crippen LogP contribution in [0.1, 0.15) is 25.7 Å². The molecular formula is C22H28N6O. The third-order valence-corrected chi connectivity index (χ3v) is 7.23. The smallest absolute Gasteiger partial charge is 0.0886 e. The Bertz CT molecular complexity index is 1020. The molecule has 0 spiro atoms. The zero-order valence-corrected chi connectivity index (χ0v) is 17.1. The maximum absolute atomic E-state index is 5.52. The summed E-state index contributed by atoms with van der Waals surface area (Å²) in [6, 6.07) is 6.49. The van der Waals surface area contributed by atoms with Gasteiger partial charge in [-0.1, -0.05) is 0 Å². The molecule has 2 saturated heterocycles. The molecule has 3 fully saturated rings. The summed E-state index contributed by atoms with van der Waals surface area (Å²) in [4.78, 5) is 5.42. The zero-order valence-electron chi connectivity index (χ0n) is 17.1. The number of aryl methyl sites for hydroxylation is 1. The first-order chi connectivity index (χ1) is 14.2. The SMILES string of the molecule is CO[C@H]1C[C@@H](N2C3CCC2CN(c2ccnn4cc(-c5cnn(C)c5)cc24)C3)C1. The molecule has 0 radical (unpaired) electrons. The summed E-state index contributed by atoms with van der Waals surface area (Å²) in [5, 5.41) is 8.88. The van der Waals surface area contributed by atoms with Crippen LogP contribution in [0, 0.1) is 0 Å². The summed E-state index contributed by atoms with van der Waals surface area (Å²) >= 11 is 0. The van der Waals surface area contributed by atoms with Crippen molar-refractivity contribution in [3.05, 3.63) is 36.9 Å². The van der Waals surface area contributed by atoms with Crippen molar-refractivity contribution in [1.29, 1.82) is 0 Å². The summed E-state index contributed by atoms with van der Waals surface area (Å²) in [5.41, 5.74) is 4.78. The van der Waals surface area contributed by atoms with Crippen LogP contribution in [0.15, 0.2) is 36.9 Å². The van der Waals surface area contributed by atoms with Crippen molar-refractivity contribution < 1.29 is 4.74 Å². The molecule has 0 amide bonds. The van der Waals surface area contributed by atoms with E-state index in [1.54, 1.807) is 0 Å². The first kappa shape index (κ1) is 17.5. The maximum Gasteiger partial charge on any atom is 0.0886 e. The molecule has 3 aliphatic rings. The average molecular weight is 393 g/mol. The molecule has 5 heterocycles. The fourth-order valence-electron chi connectivity index (χ4n) is 5.70. The maximum atomic E-state index is 5.52. The van der Waals surface area contributed by atoms with Gasteiger partial charge in [0.1, 0.15) is 0 Å². The molecular weight excluding hydrogens is 364 g/mol. The van der Waals surface area contributed by atoms with Gasteiger partial charge in [0.25, 0.3) is 0 Å². The molecule has 2 unspecified atom stereocenters. The summed E-state index contributed by atoms with van der Waals surface area (Å²) in [6.45, 7) is 2.22. The number of nitrogens with zero attached hydrogens (tertiary/aromatic N) is 6. The van der Waals surface area contributed by atoms with Gasteiger partial charge in [0, 0.05) is 75.1 Å². The Hall–Kier alpha value is -2.38. The Balaban J connectivity index is 1.28. The van der Waals surface area contributed by atoms with Crippen LogP contribution in [0.2, 0.25) is 0 Å². The van der Waals surface area contributed by atoms with Gasteiger partial charge in [0.05, 0.1) is 23.5 Å². The lowest BCUT2D eigenvalue weighted by atomic mass is 9.86.